The van der Waals surface area contributed by atoms with E-state index in [-0.39, 0.29) is 0 Å². The van der Waals surface area contributed by atoms with Crippen LogP contribution in [0.1, 0.15) is 23.6 Å². The highest BCUT2D eigenvalue weighted by Crippen LogP contribution is 2.11. The molecule has 1 N–H and O–H groups in total. The van der Waals surface area contributed by atoms with Crippen molar-refractivity contribution < 1.29 is 8.42 Å². The van der Waals surface area contributed by atoms with Crippen molar-refractivity contribution in [3.63, 3.8) is 0 Å². The largest absolute Gasteiger partial charge is 0.357 e. The number of nitrogens with one attached hydrogen (secondary N) is 1. The average molecular weight is 374 g/mol. The molecule has 0 spiro atoms. The number of hydrogen-bond donors (Lipinski definition) is 1. The van der Waals surface area contributed by atoms with Crippen LogP contribution in [0.25, 0.3) is 0 Å². The molecule has 0 radical (unpaired) electrons. The van der Waals surface area contributed by atoms with E-state index in [9.17, 15) is 8.42 Å². The van der Waals surface area contributed by atoms with Gasteiger partial charge in [0.05, 0.1) is 11.4 Å². The maximum absolute atomic E-state index is 11.5. The number of benzene rings is 2. The number of sulfone groups is 1. The summed E-state index contributed by atoms with van der Waals surface area (Å²) >= 11 is 0. The lowest BCUT2D eigenvalue weighted by Crippen LogP contribution is -2.38. The molecule has 140 valence electrons. The number of hydrogen-bond acceptors (Lipinski definition) is 3. The predicted octanol–water partition coefficient (Wildman–Crippen LogP) is 3.00. The Hall–Kier alpha value is -2.34. The third-order valence-electron chi connectivity index (χ3n) is 4.00. The zero-order valence-electron chi connectivity index (χ0n) is 15.9. The summed E-state index contributed by atoms with van der Waals surface area (Å²) in [5.74, 6) is 0.820. The van der Waals surface area contributed by atoms with Crippen LogP contribution in [0, 0.1) is 6.92 Å². The maximum Gasteiger partial charge on any atom is 0.194 e. The average Bonchev–Trinajstić information content (AvgIpc) is 2.60. The second-order valence-electron chi connectivity index (χ2n) is 6.43. The molecule has 0 bridgehead atoms. The highest BCUT2D eigenvalue weighted by Gasteiger charge is 2.08. The van der Waals surface area contributed by atoms with E-state index in [0.717, 1.165) is 24.6 Å². The first-order chi connectivity index (χ1) is 12.3. The summed E-state index contributed by atoms with van der Waals surface area (Å²) in [6.07, 6.45) is 1.21. The normalized spacial score (nSPS) is 12.1. The number of aliphatic imine (C=N–C) groups is 1. The Morgan fingerprint density at radius 3 is 2.15 bits per heavy atom. The molecule has 0 unspecified atom stereocenters. The molecule has 0 atom stereocenters. The third-order valence-corrected chi connectivity index (χ3v) is 5.13. The van der Waals surface area contributed by atoms with Crippen LogP contribution < -0.4 is 5.32 Å². The van der Waals surface area contributed by atoms with E-state index in [2.05, 4.69) is 46.4 Å². The van der Waals surface area contributed by atoms with Crippen LogP contribution in [-0.4, -0.2) is 39.1 Å². The molecule has 0 fully saturated rings. The zero-order chi connectivity index (χ0) is 19.2. The summed E-state index contributed by atoms with van der Waals surface area (Å²) in [5, 5.41) is 3.30. The molecule has 0 saturated heterocycles. The summed E-state index contributed by atoms with van der Waals surface area (Å²) in [4.78, 5) is 7.08. The van der Waals surface area contributed by atoms with Gasteiger partial charge in [-0.25, -0.2) is 13.4 Å². The number of rotatable bonds is 6. The lowest BCUT2D eigenvalue weighted by atomic mass is 10.1. The predicted molar refractivity (Wildman–Crippen MR) is 107 cm³/mol. The number of nitrogens with zero attached hydrogens (tertiary/aromatic N) is 2. The van der Waals surface area contributed by atoms with Gasteiger partial charge in [-0.2, -0.15) is 0 Å². The second kappa shape index (κ2) is 8.85. The Kier molecular flexibility index (Phi) is 6.80. The van der Waals surface area contributed by atoms with E-state index in [1.54, 1.807) is 12.1 Å². The van der Waals surface area contributed by atoms with Crippen LogP contribution in [0.5, 0.6) is 0 Å². The minimum absolute atomic E-state index is 0.327. The van der Waals surface area contributed by atoms with E-state index < -0.39 is 9.84 Å². The van der Waals surface area contributed by atoms with Crippen molar-refractivity contribution in [2.24, 2.45) is 4.99 Å². The first kappa shape index (κ1) is 20.0. The molecule has 26 heavy (non-hydrogen) atoms. The van der Waals surface area contributed by atoms with Crippen LogP contribution in [0.2, 0.25) is 0 Å². The fourth-order valence-corrected chi connectivity index (χ4v) is 3.15. The lowest BCUT2D eigenvalue weighted by molar-refractivity contribution is 0.477. The standard InChI is InChI=1S/C20H27N3O2S/c1-5-21-20(23(3)15-18-8-6-16(2)7-9-18)22-14-17-10-12-19(13-11-17)26(4,24)25/h6-13H,5,14-15H2,1-4H3,(H,21,22). The third kappa shape index (κ3) is 5.88. The van der Waals surface area contributed by atoms with Crippen LogP contribution >= 0.6 is 0 Å². The van der Waals surface area contributed by atoms with Gasteiger partial charge in [-0.15, -0.1) is 0 Å². The van der Waals surface area contributed by atoms with Crippen molar-refractivity contribution in [2.45, 2.75) is 31.8 Å². The molecule has 2 aromatic carbocycles. The lowest BCUT2D eigenvalue weighted by Gasteiger charge is -2.22. The molecule has 0 aliphatic rings. The van der Waals surface area contributed by atoms with Crippen molar-refractivity contribution in [1.82, 2.24) is 10.2 Å². The van der Waals surface area contributed by atoms with Gasteiger partial charge >= 0.3 is 0 Å². The summed E-state index contributed by atoms with van der Waals surface area (Å²) in [7, 11) is -1.16. The van der Waals surface area contributed by atoms with Crippen LogP contribution in [0.3, 0.4) is 0 Å². The van der Waals surface area contributed by atoms with Gasteiger partial charge in [-0.1, -0.05) is 42.0 Å². The molecule has 0 saturated carbocycles. The Morgan fingerprint density at radius 1 is 1.04 bits per heavy atom. The summed E-state index contributed by atoms with van der Waals surface area (Å²) in [5.41, 5.74) is 3.44. The van der Waals surface area contributed by atoms with E-state index >= 15 is 0 Å². The first-order valence-electron chi connectivity index (χ1n) is 8.63. The van der Waals surface area contributed by atoms with Crippen molar-refractivity contribution in [3.05, 3.63) is 65.2 Å². The van der Waals surface area contributed by atoms with Crippen LogP contribution in [0.4, 0.5) is 0 Å². The fraction of sp³-hybridized carbons (Fsp3) is 0.350. The van der Waals surface area contributed by atoms with Crippen LogP contribution in [0.15, 0.2) is 58.4 Å². The topological polar surface area (TPSA) is 61.8 Å². The maximum atomic E-state index is 11.5. The van der Waals surface area contributed by atoms with Gasteiger partial charge in [0.2, 0.25) is 0 Å². The molecular weight excluding hydrogens is 346 g/mol. The zero-order valence-corrected chi connectivity index (χ0v) is 16.7. The fourth-order valence-electron chi connectivity index (χ4n) is 2.52. The molecule has 6 heteroatoms. The summed E-state index contributed by atoms with van der Waals surface area (Å²) in [6, 6.07) is 15.3. The van der Waals surface area contributed by atoms with E-state index in [0.29, 0.717) is 11.4 Å². The molecular formula is C20H27N3O2S. The van der Waals surface area contributed by atoms with Crippen molar-refractivity contribution in [3.8, 4) is 0 Å². The molecule has 2 aromatic rings. The molecule has 0 heterocycles. The molecule has 0 amide bonds. The van der Waals surface area contributed by atoms with Crippen molar-refractivity contribution >= 4 is 15.8 Å². The quantitative estimate of drug-likeness (QED) is 0.625. The molecule has 0 aliphatic carbocycles. The Balaban J connectivity index is 2.08. The van der Waals surface area contributed by atoms with Gasteiger partial charge in [-0.05, 0) is 37.1 Å². The Bertz CT molecular complexity index is 842. The van der Waals surface area contributed by atoms with Gasteiger partial charge in [0, 0.05) is 26.4 Å². The summed E-state index contributed by atoms with van der Waals surface area (Å²) < 4.78 is 23.1. The Morgan fingerprint density at radius 2 is 1.62 bits per heavy atom. The first-order valence-corrected chi connectivity index (χ1v) is 10.5. The van der Waals surface area contributed by atoms with Crippen LogP contribution in [-0.2, 0) is 22.9 Å². The van der Waals surface area contributed by atoms with E-state index in [4.69, 9.17) is 0 Å². The van der Waals surface area contributed by atoms with Crippen molar-refractivity contribution in [1.29, 1.82) is 0 Å². The van der Waals surface area contributed by atoms with Gasteiger partial charge in [0.1, 0.15) is 0 Å². The van der Waals surface area contributed by atoms with Gasteiger partial charge in [-0.3, -0.25) is 0 Å². The monoisotopic (exact) mass is 373 g/mol. The van der Waals surface area contributed by atoms with Gasteiger partial charge in [0.25, 0.3) is 0 Å². The molecule has 5 nitrogen and oxygen atoms in total. The van der Waals surface area contributed by atoms with E-state index in [1.807, 2.05) is 26.1 Å². The van der Waals surface area contributed by atoms with Crippen molar-refractivity contribution in [2.75, 3.05) is 19.8 Å². The SMILES string of the molecule is CCNC(=NCc1ccc(S(C)(=O)=O)cc1)N(C)Cc1ccc(C)cc1. The highest BCUT2D eigenvalue weighted by molar-refractivity contribution is 7.90. The number of guanidine groups is 1. The van der Waals surface area contributed by atoms with E-state index in [1.165, 1.54) is 17.4 Å². The molecule has 0 aliphatic heterocycles. The van der Waals surface area contributed by atoms with Gasteiger partial charge in [0.15, 0.2) is 15.8 Å². The Labute approximate surface area is 156 Å². The number of aryl methyl sites for hydroxylation is 1. The molecule has 0 aromatic heterocycles. The van der Waals surface area contributed by atoms with Gasteiger partial charge < -0.3 is 10.2 Å². The second-order valence-corrected chi connectivity index (χ2v) is 8.44. The summed E-state index contributed by atoms with van der Waals surface area (Å²) in [6.45, 7) is 6.15. The minimum atomic E-state index is -3.17. The molecule has 2 rings (SSSR count). The smallest absolute Gasteiger partial charge is 0.194 e. The highest BCUT2D eigenvalue weighted by atomic mass is 32.2. The minimum Gasteiger partial charge on any atom is -0.357 e.